The van der Waals surface area contributed by atoms with Crippen molar-refractivity contribution < 1.29 is 19.1 Å². The fraction of sp³-hybridized carbons (Fsp3) is 0.364. The van der Waals surface area contributed by atoms with Crippen molar-refractivity contribution in [1.82, 2.24) is 0 Å². The molecule has 4 nitrogen and oxygen atoms in total. The van der Waals surface area contributed by atoms with Gasteiger partial charge in [0.2, 0.25) is 0 Å². The summed E-state index contributed by atoms with van der Waals surface area (Å²) in [5.41, 5.74) is 0. The van der Waals surface area contributed by atoms with E-state index in [9.17, 15) is 14.4 Å². The zero-order chi connectivity index (χ0) is 12.1. The van der Waals surface area contributed by atoms with Crippen molar-refractivity contribution in [2.45, 2.75) is 13.8 Å². The van der Waals surface area contributed by atoms with E-state index >= 15 is 0 Å². The zero-order valence-electron chi connectivity index (χ0n) is 9.06. The van der Waals surface area contributed by atoms with Crippen LogP contribution in [0.4, 0.5) is 0 Å². The third-order valence-electron chi connectivity index (χ3n) is 1.96. The van der Waals surface area contributed by atoms with E-state index in [0.29, 0.717) is 4.88 Å². The largest absolute Gasteiger partial charge is 0.465 e. The van der Waals surface area contributed by atoms with Crippen molar-refractivity contribution in [3.05, 3.63) is 22.4 Å². The maximum atomic E-state index is 11.9. The molecule has 1 heterocycles. The smallest absolute Gasteiger partial charge is 0.324 e. The SMILES string of the molecule is CCOC(=O)C(C(C)=O)C(=O)c1cccs1. The van der Waals surface area contributed by atoms with Crippen LogP contribution in [0.5, 0.6) is 0 Å². The quantitative estimate of drug-likeness (QED) is 0.446. The summed E-state index contributed by atoms with van der Waals surface area (Å²) in [6, 6.07) is 3.28. The molecule has 0 bridgehead atoms. The van der Waals surface area contributed by atoms with Gasteiger partial charge in [0.25, 0.3) is 0 Å². The van der Waals surface area contributed by atoms with E-state index in [0.717, 1.165) is 0 Å². The lowest BCUT2D eigenvalue weighted by Crippen LogP contribution is -2.31. The second-order valence-corrected chi connectivity index (χ2v) is 4.08. The van der Waals surface area contributed by atoms with Gasteiger partial charge in [-0.25, -0.2) is 0 Å². The van der Waals surface area contributed by atoms with Crippen LogP contribution in [-0.4, -0.2) is 24.1 Å². The number of hydrogen-bond donors (Lipinski definition) is 0. The summed E-state index contributed by atoms with van der Waals surface area (Å²) in [5.74, 6) is -3.07. The maximum absolute atomic E-state index is 11.9. The second-order valence-electron chi connectivity index (χ2n) is 3.14. The monoisotopic (exact) mass is 240 g/mol. The van der Waals surface area contributed by atoms with Crippen molar-refractivity contribution in [2.75, 3.05) is 6.61 Å². The average Bonchev–Trinajstić information content (AvgIpc) is 2.70. The van der Waals surface area contributed by atoms with E-state index in [1.165, 1.54) is 18.3 Å². The van der Waals surface area contributed by atoms with E-state index < -0.39 is 23.5 Å². The Morgan fingerprint density at radius 3 is 2.56 bits per heavy atom. The second kappa shape index (κ2) is 5.55. The fourth-order valence-electron chi connectivity index (χ4n) is 1.24. The number of ether oxygens (including phenoxy) is 1. The Bertz CT molecular complexity index is 394. The minimum absolute atomic E-state index is 0.153. The summed E-state index contributed by atoms with van der Waals surface area (Å²) in [7, 11) is 0. The van der Waals surface area contributed by atoms with Gasteiger partial charge < -0.3 is 4.74 Å². The van der Waals surface area contributed by atoms with Gasteiger partial charge in [-0.2, -0.15) is 0 Å². The molecule has 0 aliphatic rings. The number of rotatable bonds is 5. The Kier molecular flexibility index (Phi) is 4.37. The van der Waals surface area contributed by atoms with Crippen LogP contribution in [0.25, 0.3) is 0 Å². The van der Waals surface area contributed by atoms with Crippen LogP contribution in [0.3, 0.4) is 0 Å². The van der Waals surface area contributed by atoms with Crippen LogP contribution in [-0.2, 0) is 14.3 Å². The van der Waals surface area contributed by atoms with Crippen molar-refractivity contribution in [3.8, 4) is 0 Å². The van der Waals surface area contributed by atoms with Crippen molar-refractivity contribution in [2.24, 2.45) is 5.92 Å². The van der Waals surface area contributed by atoms with Gasteiger partial charge in [0.15, 0.2) is 17.5 Å². The fourth-order valence-corrected chi connectivity index (χ4v) is 1.94. The lowest BCUT2D eigenvalue weighted by Gasteiger charge is -2.10. The van der Waals surface area contributed by atoms with Crippen LogP contribution < -0.4 is 0 Å². The zero-order valence-corrected chi connectivity index (χ0v) is 9.87. The molecule has 0 saturated carbocycles. The lowest BCUT2D eigenvalue weighted by atomic mass is 9.99. The summed E-state index contributed by atoms with van der Waals surface area (Å²) in [4.78, 5) is 35.0. The van der Waals surface area contributed by atoms with Crippen molar-refractivity contribution in [1.29, 1.82) is 0 Å². The third kappa shape index (κ3) is 2.76. The highest BCUT2D eigenvalue weighted by Crippen LogP contribution is 2.16. The lowest BCUT2D eigenvalue weighted by molar-refractivity contribution is -0.148. The maximum Gasteiger partial charge on any atom is 0.324 e. The predicted molar refractivity (Wildman–Crippen MR) is 59.5 cm³/mol. The first-order valence-corrected chi connectivity index (χ1v) is 5.70. The van der Waals surface area contributed by atoms with E-state index in [-0.39, 0.29) is 6.61 Å². The molecule has 0 amide bonds. The number of thiophene rings is 1. The predicted octanol–water partition coefficient (Wildman–Crippen LogP) is 1.70. The first kappa shape index (κ1) is 12.6. The molecule has 86 valence electrons. The first-order chi connectivity index (χ1) is 7.57. The highest BCUT2D eigenvalue weighted by molar-refractivity contribution is 7.12. The van der Waals surface area contributed by atoms with Crippen molar-refractivity contribution in [3.63, 3.8) is 0 Å². The van der Waals surface area contributed by atoms with Gasteiger partial charge in [-0.3, -0.25) is 14.4 Å². The number of Topliss-reactive ketones (excluding diaryl/α,β-unsaturated/α-hetero) is 2. The molecule has 1 unspecified atom stereocenters. The summed E-state index contributed by atoms with van der Waals surface area (Å²) < 4.78 is 4.71. The Morgan fingerprint density at radius 2 is 2.12 bits per heavy atom. The van der Waals surface area contributed by atoms with Crippen LogP contribution in [0.1, 0.15) is 23.5 Å². The standard InChI is InChI=1S/C11H12O4S/c1-3-15-11(14)9(7(2)12)10(13)8-5-4-6-16-8/h4-6,9H,3H2,1-2H3. The Balaban J connectivity index is 2.91. The molecule has 1 aromatic rings. The molecule has 0 N–H and O–H groups in total. The van der Waals surface area contributed by atoms with Gasteiger partial charge in [0.05, 0.1) is 11.5 Å². The summed E-state index contributed by atoms with van der Waals surface area (Å²) in [6.07, 6.45) is 0. The molecule has 0 spiro atoms. The molecule has 1 rings (SSSR count). The molecular formula is C11H12O4S. The minimum Gasteiger partial charge on any atom is -0.465 e. The van der Waals surface area contributed by atoms with Gasteiger partial charge in [0.1, 0.15) is 0 Å². The number of carbonyl (C=O) groups excluding carboxylic acids is 3. The Labute approximate surface area is 97.2 Å². The third-order valence-corrected chi connectivity index (χ3v) is 2.84. The highest BCUT2D eigenvalue weighted by atomic mass is 32.1. The van der Waals surface area contributed by atoms with Gasteiger partial charge in [0, 0.05) is 0 Å². The number of esters is 1. The molecule has 0 aliphatic carbocycles. The van der Waals surface area contributed by atoms with Gasteiger partial charge >= 0.3 is 5.97 Å². The topological polar surface area (TPSA) is 60.4 Å². The molecule has 16 heavy (non-hydrogen) atoms. The molecule has 0 aromatic carbocycles. The van der Waals surface area contributed by atoms with E-state index in [4.69, 9.17) is 4.74 Å². The number of carbonyl (C=O) groups is 3. The van der Waals surface area contributed by atoms with E-state index in [1.54, 1.807) is 24.4 Å². The van der Waals surface area contributed by atoms with Gasteiger partial charge in [-0.15, -0.1) is 11.3 Å². The van der Waals surface area contributed by atoms with E-state index in [2.05, 4.69) is 0 Å². The molecule has 0 fully saturated rings. The first-order valence-electron chi connectivity index (χ1n) is 4.82. The van der Waals surface area contributed by atoms with Crippen LogP contribution in [0.15, 0.2) is 17.5 Å². The molecular weight excluding hydrogens is 228 g/mol. The molecule has 0 aliphatic heterocycles. The van der Waals surface area contributed by atoms with Crippen LogP contribution in [0.2, 0.25) is 0 Å². The number of ketones is 2. The average molecular weight is 240 g/mol. The van der Waals surface area contributed by atoms with E-state index in [1.807, 2.05) is 0 Å². The Morgan fingerprint density at radius 1 is 1.44 bits per heavy atom. The summed E-state index contributed by atoms with van der Waals surface area (Å²) in [6.45, 7) is 3.00. The van der Waals surface area contributed by atoms with Crippen LogP contribution >= 0.6 is 11.3 Å². The van der Waals surface area contributed by atoms with Gasteiger partial charge in [-0.05, 0) is 25.3 Å². The summed E-state index contributed by atoms with van der Waals surface area (Å²) >= 11 is 1.20. The minimum atomic E-state index is -1.32. The van der Waals surface area contributed by atoms with Crippen LogP contribution in [0, 0.1) is 5.92 Å². The molecule has 5 heteroatoms. The Hall–Kier alpha value is -1.49. The molecule has 1 aromatic heterocycles. The summed E-state index contributed by atoms with van der Waals surface area (Å²) in [5, 5.41) is 1.72. The highest BCUT2D eigenvalue weighted by Gasteiger charge is 2.33. The number of hydrogen-bond acceptors (Lipinski definition) is 5. The normalized spacial score (nSPS) is 11.9. The van der Waals surface area contributed by atoms with Crippen molar-refractivity contribution >= 4 is 28.9 Å². The van der Waals surface area contributed by atoms with Gasteiger partial charge in [-0.1, -0.05) is 6.07 Å². The molecule has 1 atom stereocenters. The molecule has 0 radical (unpaired) electrons. The molecule has 0 saturated heterocycles.